The molecular weight excluding hydrogens is 553 g/mol. The fourth-order valence-corrected chi connectivity index (χ4v) is 6.21. The first-order valence-electron chi connectivity index (χ1n) is 8.65. The van der Waals surface area contributed by atoms with Gasteiger partial charge in [0, 0.05) is 18.2 Å². The van der Waals surface area contributed by atoms with Gasteiger partial charge >= 0.3 is 29.2 Å². The van der Waals surface area contributed by atoms with Crippen LogP contribution in [0.1, 0.15) is 18.2 Å². The Hall–Kier alpha value is -0.420. The van der Waals surface area contributed by atoms with Crippen LogP contribution in [0, 0.1) is 6.92 Å². The summed E-state index contributed by atoms with van der Waals surface area (Å²) < 4.78 is 58.4. The van der Waals surface area contributed by atoms with Gasteiger partial charge in [-0.1, -0.05) is 9.45 Å². The van der Waals surface area contributed by atoms with E-state index >= 15 is 0 Å². The third kappa shape index (κ3) is 9.28. The van der Waals surface area contributed by atoms with Gasteiger partial charge in [-0.15, -0.1) is 0 Å². The van der Waals surface area contributed by atoms with Crippen molar-refractivity contribution < 1.29 is 55.9 Å². The zero-order valence-electron chi connectivity index (χ0n) is 16.9. The molecule has 2 rings (SSSR count). The van der Waals surface area contributed by atoms with Crippen molar-refractivity contribution in [1.82, 2.24) is 9.55 Å². The van der Waals surface area contributed by atoms with Gasteiger partial charge in [0.25, 0.3) is 5.56 Å². The third-order valence-electron chi connectivity index (χ3n) is 3.90. The highest BCUT2D eigenvalue weighted by atomic mass is 32.8. The maximum Gasteiger partial charge on any atom is 0.490 e. The molecule has 33 heavy (non-hydrogen) atoms. The molecule has 0 aliphatic carbocycles. The molecule has 1 aliphatic rings. The van der Waals surface area contributed by atoms with E-state index in [0.29, 0.717) is 0 Å². The first kappa shape index (κ1) is 28.8. The molecule has 0 saturated carbocycles. The van der Waals surface area contributed by atoms with E-state index in [2.05, 4.69) is 18.1 Å². The molecule has 21 heteroatoms. The van der Waals surface area contributed by atoms with Crippen LogP contribution in [0.4, 0.5) is 0 Å². The van der Waals surface area contributed by atoms with Crippen LogP contribution in [0.3, 0.4) is 0 Å². The zero-order chi connectivity index (χ0) is 25.2. The highest BCUT2D eigenvalue weighted by molar-refractivity contribution is 8.28. The van der Waals surface area contributed by atoms with E-state index in [0.717, 1.165) is 4.57 Å². The van der Waals surface area contributed by atoms with Gasteiger partial charge in [0.2, 0.25) is 0 Å². The van der Waals surface area contributed by atoms with Gasteiger partial charge in [0.05, 0.1) is 18.6 Å². The van der Waals surface area contributed by atoms with Crippen molar-refractivity contribution in [3.63, 3.8) is 0 Å². The fraction of sp³-hybridized carbons (Fsp3) is 0.667. The summed E-state index contributed by atoms with van der Waals surface area (Å²) in [7, 11) is -17.2. The lowest BCUT2D eigenvalue weighted by molar-refractivity contribution is -0.0545. The second kappa shape index (κ2) is 11.1. The molecule has 2 heterocycles. The van der Waals surface area contributed by atoms with Crippen LogP contribution in [-0.2, 0) is 57.0 Å². The summed E-state index contributed by atoms with van der Waals surface area (Å²) in [5.74, 6) is 0.0986. The molecular formula is C12H21N2O14P3S2. The van der Waals surface area contributed by atoms with E-state index in [1.807, 2.05) is 0 Å². The number of aromatic nitrogens is 2. The molecule has 0 spiro atoms. The van der Waals surface area contributed by atoms with Gasteiger partial charge in [-0.25, -0.2) is 18.5 Å². The summed E-state index contributed by atoms with van der Waals surface area (Å²) in [6.45, 7) is 0.696. The van der Waals surface area contributed by atoms with Gasteiger partial charge in [0.1, 0.15) is 12.3 Å². The molecule has 0 amide bonds. The highest BCUT2D eigenvalue weighted by Gasteiger charge is 2.43. The Morgan fingerprint density at radius 1 is 1.21 bits per heavy atom. The van der Waals surface area contributed by atoms with Crippen LogP contribution in [0.2, 0.25) is 0 Å². The molecule has 0 aromatic carbocycles. The van der Waals surface area contributed by atoms with Crippen molar-refractivity contribution in [2.24, 2.45) is 0 Å². The first-order valence-corrected chi connectivity index (χ1v) is 15.9. The predicted octanol–water partition coefficient (Wildman–Crippen LogP) is -0.471. The third-order valence-corrected chi connectivity index (χ3v) is 8.46. The number of nitrogens with one attached hydrogen (secondary N) is 1. The Labute approximate surface area is 192 Å². The lowest BCUT2D eigenvalue weighted by Gasteiger charge is -2.21. The quantitative estimate of drug-likeness (QED) is 0.210. The van der Waals surface area contributed by atoms with Crippen LogP contribution in [-0.4, -0.2) is 60.1 Å². The van der Waals surface area contributed by atoms with Gasteiger partial charge < -0.3 is 29.0 Å². The highest BCUT2D eigenvalue weighted by Crippen LogP contribution is 2.66. The number of rotatable bonds is 11. The number of nitrogens with zero attached hydrogens (tertiary/aromatic N) is 1. The Kier molecular flexibility index (Phi) is 9.69. The zero-order valence-corrected chi connectivity index (χ0v) is 21.2. The van der Waals surface area contributed by atoms with E-state index in [4.69, 9.17) is 30.4 Å². The number of phosphoric acid groups is 3. The number of ether oxygens (including phenoxy) is 2. The summed E-state index contributed by atoms with van der Waals surface area (Å²) in [5, 5.41) is 0. The molecule has 1 aromatic rings. The second-order valence-corrected chi connectivity index (χ2v) is 14.1. The van der Waals surface area contributed by atoms with Gasteiger partial charge in [-0.05, 0) is 24.4 Å². The lowest BCUT2D eigenvalue weighted by Crippen LogP contribution is -2.33. The van der Waals surface area contributed by atoms with E-state index in [9.17, 15) is 33.1 Å². The molecule has 1 fully saturated rings. The summed E-state index contributed by atoms with van der Waals surface area (Å²) in [4.78, 5) is 61.8. The molecule has 190 valence electrons. The normalized spacial score (nSPS) is 25.9. The molecule has 3 unspecified atom stereocenters. The van der Waals surface area contributed by atoms with E-state index < -0.39 is 69.2 Å². The standard InChI is InChI=1S/C12H21N2O14P3S2/c1-7-4-14(12(16)13-11(7)15)10-3-8(24-6-33(2)32)9(26-10)5-25-30(20,21)28-31(22,23)27-29(17,18)19/h4,8-10H,3,5-6H2,1-2H3,(H,20,21)(H,22,23)(H,13,15,16)(H2,17,18,19)/t8-,9-,10-,33?/m1/s1. The van der Waals surface area contributed by atoms with Crippen molar-refractivity contribution in [1.29, 1.82) is 0 Å². The summed E-state index contributed by atoms with van der Waals surface area (Å²) in [6, 6.07) is 0. The van der Waals surface area contributed by atoms with Gasteiger partial charge in [-0.2, -0.15) is 8.62 Å². The Morgan fingerprint density at radius 2 is 1.85 bits per heavy atom. The minimum Gasteiger partial charge on any atom is -0.364 e. The minimum absolute atomic E-state index is 0.0440. The Balaban J connectivity index is 2.16. The first-order chi connectivity index (χ1) is 15.0. The van der Waals surface area contributed by atoms with E-state index in [-0.39, 0.29) is 17.9 Å². The number of hydrogen-bond donors (Lipinski definition) is 5. The maximum atomic E-state index is 12.1. The molecule has 0 bridgehead atoms. The summed E-state index contributed by atoms with van der Waals surface area (Å²) >= 11 is 5.05. The van der Waals surface area contributed by atoms with Crippen molar-refractivity contribution in [2.45, 2.75) is 31.8 Å². The molecule has 16 nitrogen and oxygen atoms in total. The van der Waals surface area contributed by atoms with E-state index in [1.165, 1.54) is 13.1 Å². The minimum atomic E-state index is -5.68. The van der Waals surface area contributed by atoms with Crippen molar-refractivity contribution in [3.05, 3.63) is 32.6 Å². The lowest BCUT2D eigenvalue weighted by atomic mass is 10.2. The topological polar surface area (TPSA) is 233 Å². The molecule has 0 radical (unpaired) electrons. The van der Waals surface area contributed by atoms with Crippen molar-refractivity contribution >= 4 is 44.1 Å². The molecule has 5 N–H and O–H groups in total. The molecule has 1 aromatic heterocycles. The van der Waals surface area contributed by atoms with Crippen LogP contribution >= 0.6 is 23.5 Å². The van der Waals surface area contributed by atoms with Gasteiger partial charge in [-0.3, -0.25) is 18.9 Å². The smallest absolute Gasteiger partial charge is 0.364 e. The number of aryl methyl sites for hydroxylation is 1. The van der Waals surface area contributed by atoms with Crippen LogP contribution in [0.15, 0.2) is 15.8 Å². The van der Waals surface area contributed by atoms with Crippen LogP contribution in [0.5, 0.6) is 0 Å². The van der Waals surface area contributed by atoms with Gasteiger partial charge in [0.15, 0.2) is 0 Å². The average molecular weight is 574 g/mol. The van der Waals surface area contributed by atoms with E-state index in [1.54, 1.807) is 6.26 Å². The summed E-state index contributed by atoms with van der Waals surface area (Å²) in [5.41, 5.74) is -1.15. The number of aromatic amines is 1. The second-order valence-electron chi connectivity index (χ2n) is 6.63. The maximum absolute atomic E-state index is 12.1. The average Bonchev–Trinajstić information content (AvgIpc) is 3.01. The van der Waals surface area contributed by atoms with Crippen molar-refractivity contribution in [2.75, 3.05) is 18.8 Å². The fourth-order valence-electron chi connectivity index (χ4n) is 2.65. The SMILES string of the molecule is Cc1cn([C@H]2C[C@@H](OCS(C)=S)[C@@H](COP(=O)(O)OP(=O)(O)OP(=O)(O)O)O2)c(=O)[nH]c1=O. The molecule has 1 aliphatic heterocycles. The van der Waals surface area contributed by atoms with Crippen molar-refractivity contribution in [3.8, 4) is 0 Å². The Bertz CT molecular complexity index is 1150. The Morgan fingerprint density at radius 3 is 2.42 bits per heavy atom. The summed E-state index contributed by atoms with van der Waals surface area (Å²) in [6.07, 6.45) is 0.0978. The molecule has 6 atom stereocenters. The number of H-pyrrole nitrogens is 1. The van der Waals surface area contributed by atoms with Crippen LogP contribution in [0.25, 0.3) is 0 Å². The number of phosphoric ester groups is 1. The number of hydrogen-bond acceptors (Lipinski definition) is 11. The van der Waals surface area contributed by atoms with Crippen LogP contribution < -0.4 is 11.2 Å². The largest absolute Gasteiger partial charge is 0.490 e. The monoisotopic (exact) mass is 574 g/mol. The predicted molar refractivity (Wildman–Crippen MR) is 115 cm³/mol. The molecule has 1 saturated heterocycles.